The number of benzene rings is 1. The number of carbonyl (C=O) groups excluding carboxylic acids is 1. The van der Waals surface area contributed by atoms with Gasteiger partial charge < -0.3 is 4.90 Å². The lowest BCUT2D eigenvalue weighted by atomic mass is 10.1. The van der Waals surface area contributed by atoms with Gasteiger partial charge in [-0.25, -0.2) is 4.98 Å². The van der Waals surface area contributed by atoms with Crippen molar-refractivity contribution in [3.8, 4) is 0 Å². The van der Waals surface area contributed by atoms with Crippen molar-refractivity contribution in [3.05, 3.63) is 57.2 Å². The monoisotopic (exact) mass is 401 g/mol. The van der Waals surface area contributed by atoms with E-state index in [1.165, 1.54) is 17.3 Å². The summed E-state index contributed by atoms with van der Waals surface area (Å²) in [6, 6.07) is 12.0. The molecule has 5 nitrogen and oxygen atoms in total. The van der Waals surface area contributed by atoms with Gasteiger partial charge in [0, 0.05) is 25.5 Å². The van der Waals surface area contributed by atoms with Gasteiger partial charge in [-0.15, -0.1) is 11.3 Å². The Balaban J connectivity index is 1.96. The Morgan fingerprint density at radius 2 is 2.00 bits per heavy atom. The fourth-order valence-electron chi connectivity index (χ4n) is 2.67. The van der Waals surface area contributed by atoms with Crippen LogP contribution >= 0.6 is 23.1 Å². The summed E-state index contributed by atoms with van der Waals surface area (Å²) in [5.74, 6) is 0.270. The van der Waals surface area contributed by atoms with Crippen LogP contribution in [0.15, 0.2) is 46.3 Å². The number of nitrogens with zero attached hydrogens (tertiary/aromatic N) is 3. The molecule has 0 N–H and O–H groups in total. The molecule has 1 aromatic carbocycles. The van der Waals surface area contributed by atoms with Gasteiger partial charge in [-0.1, -0.05) is 49.0 Å². The minimum absolute atomic E-state index is 0.00406. The maximum atomic E-state index is 13.1. The normalized spacial score (nSPS) is 11.1. The predicted octanol–water partition coefficient (Wildman–Crippen LogP) is 3.44. The molecule has 1 amide bonds. The van der Waals surface area contributed by atoms with Crippen molar-refractivity contribution < 1.29 is 4.79 Å². The highest BCUT2D eigenvalue weighted by Gasteiger charge is 2.16. The zero-order valence-corrected chi connectivity index (χ0v) is 17.4. The Labute approximate surface area is 167 Å². The second-order valence-electron chi connectivity index (χ2n) is 6.45. The van der Waals surface area contributed by atoms with E-state index in [-0.39, 0.29) is 17.2 Å². The third kappa shape index (κ3) is 4.59. The van der Waals surface area contributed by atoms with Crippen molar-refractivity contribution >= 4 is 39.2 Å². The third-order valence-electron chi connectivity index (χ3n) is 4.31. The Kier molecular flexibility index (Phi) is 6.34. The largest absolute Gasteiger partial charge is 0.348 e. The number of amides is 1. The summed E-state index contributed by atoms with van der Waals surface area (Å²) in [6.45, 7) is 2.62. The first kappa shape index (κ1) is 19.6. The second-order valence-corrected chi connectivity index (χ2v) is 8.51. The van der Waals surface area contributed by atoms with Crippen LogP contribution in [0.4, 0.5) is 0 Å². The number of rotatable bonds is 7. The molecule has 0 aliphatic heterocycles. The van der Waals surface area contributed by atoms with Crippen LogP contribution in [-0.2, 0) is 24.2 Å². The van der Waals surface area contributed by atoms with Gasteiger partial charge in [0.1, 0.15) is 4.83 Å². The molecule has 0 radical (unpaired) electrons. The van der Waals surface area contributed by atoms with E-state index in [2.05, 4.69) is 19.1 Å². The molecule has 0 aliphatic carbocycles. The van der Waals surface area contributed by atoms with Crippen LogP contribution in [-0.4, -0.2) is 40.2 Å². The van der Waals surface area contributed by atoms with Crippen LogP contribution in [0.3, 0.4) is 0 Å². The van der Waals surface area contributed by atoms with E-state index in [0.29, 0.717) is 17.1 Å². The number of carbonyl (C=O) groups is 1. The van der Waals surface area contributed by atoms with Crippen LogP contribution in [0.5, 0.6) is 0 Å². The average Bonchev–Trinajstić information content (AvgIpc) is 3.09. The van der Waals surface area contributed by atoms with Gasteiger partial charge in [-0.3, -0.25) is 14.2 Å². The van der Waals surface area contributed by atoms with E-state index >= 15 is 0 Å². The number of hydrogen-bond donors (Lipinski definition) is 0. The van der Waals surface area contributed by atoms with Crippen LogP contribution in [0, 0.1) is 0 Å². The molecule has 0 spiro atoms. The summed E-state index contributed by atoms with van der Waals surface area (Å²) in [4.78, 5) is 33.3. The minimum atomic E-state index is -0.0216. The molecule has 3 rings (SSSR count). The van der Waals surface area contributed by atoms with Crippen molar-refractivity contribution in [2.24, 2.45) is 0 Å². The van der Waals surface area contributed by atoms with Crippen molar-refractivity contribution in [3.63, 3.8) is 0 Å². The molecule has 27 heavy (non-hydrogen) atoms. The number of thioether (sulfide) groups is 1. The van der Waals surface area contributed by atoms with Crippen molar-refractivity contribution in [1.82, 2.24) is 14.5 Å². The van der Waals surface area contributed by atoms with E-state index in [9.17, 15) is 9.59 Å². The summed E-state index contributed by atoms with van der Waals surface area (Å²) in [6.07, 6.45) is 1.62. The van der Waals surface area contributed by atoms with Gasteiger partial charge >= 0.3 is 0 Å². The Bertz CT molecular complexity index is 994. The Morgan fingerprint density at radius 3 is 2.67 bits per heavy atom. The van der Waals surface area contributed by atoms with Crippen molar-refractivity contribution in [1.29, 1.82) is 0 Å². The average molecular weight is 402 g/mol. The molecule has 3 aromatic rings. The number of aromatic nitrogens is 2. The lowest BCUT2D eigenvalue weighted by molar-refractivity contribution is -0.125. The molecular weight excluding hydrogens is 378 g/mol. The van der Waals surface area contributed by atoms with E-state index < -0.39 is 0 Å². The molecule has 0 saturated heterocycles. The first-order chi connectivity index (χ1) is 13.0. The predicted molar refractivity (Wildman–Crippen MR) is 113 cm³/mol. The fourth-order valence-corrected chi connectivity index (χ4v) is 4.68. The number of hydrogen-bond acceptors (Lipinski definition) is 5. The van der Waals surface area contributed by atoms with E-state index in [4.69, 9.17) is 4.98 Å². The fraction of sp³-hybridized carbons (Fsp3) is 0.350. The molecule has 0 bridgehead atoms. The van der Waals surface area contributed by atoms with E-state index in [1.807, 2.05) is 24.3 Å². The zero-order chi connectivity index (χ0) is 19.4. The van der Waals surface area contributed by atoms with Gasteiger partial charge in [0.2, 0.25) is 5.91 Å². The molecule has 2 heterocycles. The van der Waals surface area contributed by atoms with Crippen molar-refractivity contribution in [2.75, 3.05) is 19.8 Å². The summed E-state index contributed by atoms with van der Waals surface area (Å²) in [7, 11) is 3.46. The summed E-state index contributed by atoms with van der Waals surface area (Å²) in [5.41, 5.74) is 1.15. The van der Waals surface area contributed by atoms with Gasteiger partial charge in [0.05, 0.1) is 11.1 Å². The molecule has 0 saturated carbocycles. The molecule has 142 valence electrons. The smallest absolute Gasteiger partial charge is 0.262 e. The van der Waals surface area contributed by atoms with E-state index in [1.54, 1.807) is 34.9 Å². The van der Waals surface area contributed by atoms with Crippen LogP contribution in [0.25, 0.3) is 10.2 Å². The highest BCUT2D eigenvalue weighted by Crippen LogP contribution is 2.25. The number of fused-ring (bicyclic) bond motifs is 1. The molecule has 0 aliphatic rings. The lowest BCUT2D eigenvalue weighted by Crippen LogP contribution is -2.26. The molecule has 0 unspecified atom stereocenters. The molecule has 7 heteroatoms. The molecule has 2 aromatic heterocycles. The zero-order valence-electron chi connectivity index (χ0n) is 15.8. The second kappa shape index (κ2) is 8.71. The first-order valence-corrected chi connectivity index (χ1v) is 10.7. The quantitative estimate of drug-likeness (QED) is 0.449. The third-order valence-corrected chi connectivity index (χ3v) is 6.44. The molecule has 0 fully saturated rings. The number of thiophene rings is 1. The van der Waals surface area contributed by atoms with E-state index in [0.717, 1.165) is 22.5 Å². The lowest BCUT2D eigenvalue weighted by Gasteiger charge is -2.13. The highest BCUT2D eigenvalue weighted by molar-refractivity contribution is 7.99. The van der Waals surface area contributed by atoms with Crippen LogP contribution < -0.4 is 5.56 Å². The van der Waals surface area contributed by atoms with Gasteiger partial charge in [-0.05, 0) is 24.5 Å². The summed E-state index contributed by atoms with van der Waals surface area (Å²) >= 11 is 2.89. The maximum absolute atomic E-state index is 13.1. The maximum Gasteiger partial charge on any atom is 0.262 e. The molecular formula is C20H23N3O2S2. The summed E-state index contributed by atoms with van der Waals surface area (Å²) in [5, 5.41) is 1.29. The highest BCUT2D eigenvalue weighted by atomic mass is 32.2. The molecule has 0 atom stereocenters. The number of aryl methyl sites for hydroxylation is 2. The Morgan fingerprint density at radius 1 is 1.26 bits per heavy atom. The van der Waals surface area contributed by atoms with Gasteiger partial charge in [0.15, 0.2) is 5.16 Å². The van der Waals surface area contributed by atoms with Crippen molar-refractivity contribution in [2.45, 2.75) is 31.5 Å². The first-order valence-electron chi connectivity index (χ1n) is 8.89. The van der Waals surface area contributed by atoms with Crippen LogP contribution in [0.1, 0.15) is 17.4 Å². The minimum Gasteiger partial charge on any atom is -0.348 e. The topological polar surface area (TPSA) is 55.2 Å². The van der Waals surface area contributed by atoms with Crippen LogP contribution in [0.2, 0.25) is 0 Å². The van der Waals surface area contributed by atoms with Gasteiger partial charge in [-0.2, -0.15) is 0 Å². The SMILES string of the molecule is CCc1cc2c(=O)n(CCc3ccccc3)c(SCC(=O)N(C)C)nc2s1. The Hall–Kier alpha value is -2.12. The van der Waals surface area contributed by atoms with Gasteiger partial charge in [0.25, 0.3) is 5.56 Å². The summed E-state index contributed by atoms with van der Waals surface area (Å²) < 4.78 is 1.72. The standard InChI is InChI=1S/C20H23N3O2S2/c1-4-15-12-16-18(27-15)21-20(26-13-17(24)22(2)3)23(19(16)25)11-10-14-8-6-5-7-9-14/h5-9,12H,4,10-11,13H2,1-3H3.